The molecule has 1 spiro atoms. The van der Waals surface area contributed by atoms with Crippen molar-refractivity contribution < 1.29 is 9.53 Å². The van der Waals surface area contributed by atoms with Crippen LogP contribution in [0.15, 0.2) is 0 Å². The molecule has 0 aromatic heterocycles. The molecule has 2 nitrogen and oxygen atoms in total. The van der Waals surface area contributed by atoms with Crippen molar-refractivity contribution in [1.29, 1.82) is 0 Å². The quantitative estimate of drug-likeness (QED) is 0.669. The number of hydrogen-bond acceptors (Lipinski definition) is 2. The predicted molar refractivity (Wildman–Crippen MR) is 64.1 cm³/mol. The van der Waals surface area contributed by atoms with Crippen molar-refractivity contribution in [2.45, 2.75) is 71.3 Å². The first-order chi connectivity index (χ1) is 7.39. The zero-order chi connectivity index (χ0) is 11.8. The average molecular weight is 224 g/mol. The van der Waals surface area contributed by atoms with Crippen LogP contribution in [-0.2, 0) is 9.53 Å². The molecule has 0 heterocycles. The normalized spacial score (nSPS) is 27.8. The number of esters is 1. The largest absolute Gasteiger partial charge is 0.460 e. The summed E-state index contributed by atoms with van der Waals surface area (Å²) >= 11 is 0. The third kappa shape index (κ3) is 3.23. The molecule has 2 fully saturated rings. The van der Waals surface area contributed by atoms with E-state index in [4.69, 9.17) is 4.74 Å². The molecule has 0 N–H and O–H groups in total. The molecule has 0 saturated heterocycles. The van der Waals surface area contributed by atoms with Gasteiger partial charge < -0.3 is 4.74 Å². The van der Waals surface area contributed by atoms with Crippen molar-refractivity contribution in [2.75, 3.05) is 0 Å². The van der Waals surface area contributed by atoms with Crippen LogP contribution in [0.3, 0.4) is 0 Å². The van der Waals surface area contributed by atoms with Crippen molar-refractivity contribution in [3.63, 3.8) is 0 Å². The summed E-state index contributed by atoms with van der Waals surface area (Å²) < 4.78 is 5.39. The summed E-state index contributed by atoms with van der Waals surface area (Å²) in [6.07, 6.45) is 8.65. The molecule has 16 heavy (non-hydrogen) atoms. The Bertz CT molecular complexity index is 271. The molecule has 0 aliphatic heterocycles. The SMILES string of the molecule is CC(C)(C)OC(=O)CC1CCCC2(CC2)C1. The Balaban J connectivity index is 1.78. The fourth-order valence-electron chi connectivity index (χ4n) is 3.01. The van der Waals surface area contributed by atoms with E-state index in [9.17, 15) is 4.79 Å². The van der Waals surface area contributed by atoms with Gasteiger partial charge in [-0.1, -0.05) is 6.42 Å². The molecular formula is C14H24O2. The van der Waals surface area contributed by atoms with E-state index in [1.807, 2.05) is 20.8 Å². The minimum Gasteiger partial charge on any atom is -0.460 e. The summed E-state index contributed by atoms with van der Waals surface area (Å²) in [5.41, 5.74) is 0.327. The average Bonchev–Trinajstić information content (AvgIpc) is 2.81. The molecule has 92 valence electrons. The van der Waals surface area contributed by atoms with Crippen molar-refractivity contribution in [3.05, 3.63) is 0 Å². The molecule has 0 aromatic rings. The summed E-state index contributed by atoms with van der Waals surface area (Å²) in [4.78, 5) is 11.7. The number of ether oxygens (including phenoxy) is 1. The number of hydrogen-bond donors (Lipinski definition) is 0. The Morgan fingerprint density at radius 3 is 2.56 bits per heavy atom. The van der Waals surface area contributed by atoms with Crippen LogP contribution in [0.2, 0.25) is 0 Å². The molecule has 2 saturated carbocycles. The maximum absolute atomic E-state index is 11.7. The van der Waals surface area contributed by atoms with Crippen LogP contribution in [0.25, 0.3) is 0 Å². The lowest BCUT2D eigenvalue weighted by Crippen LogP contribution is -2.27. The van der Waals surface area contributed by atoms with Crippen LogP contribution in [-0.4, -0.2) is 11.6 Å². The summed E-state index contributed by atoms with van der Waals surface area (Å²) in [6, 6.07) is 0. The van der Waals surface area contributed by atoms with Gasteiger partial charge >= 0.3 is 5.97 Å². The van der Waals surface area contributed by atoms with Crippen molar-refractivity contribution in [2.24, 2.45) is 11.3 Å². The fraction of sp³-hybridized carbons (Fsp3) is 0.929. The molecule has 2 aliphatic rings. The zero-order valence-corrected chi connectivity index (χ0v) is 10.8. The van der Waals surface area contributed by atoms with E-state index in [0.29, 0.717) is 17.8 Å². The summed E-state index contributed by atoms with van der Waals surface area (Å²) in [6.45, 7) is 5.82. The zero-order valence-electron chi connectivity index (χ0n) is 10.8. The van der Waals surface area contributed by atoms with Gasteiger partial charge in [0.1, 0.15) is 5.60 Å². The van der Waals surface area contributed by atoms with Gasteiger partial charge in [0, 0.05) is 6.42 Å². The molecule has 2 rings (SSSR count). The third-order valence-electron chi connectivity index (χ3n) is 3.87. The maximum atomic E-state index is 11.7. The van der Waals surface area contributed by atoms with Gasteiger partial charge in [0.25, 0.3) is 0 Å². The second-order valence-electron chi connectivity index (χ2n) is 6.75. The lowest BCUT2D eigenvalue weighted by molar-refractivity contribution is -0.156. The number of carbonyl (C=O) groups is 1. The molecule has 0 bridgehead atoms. The predicted octanol–water partition coefficient (Wildman–Crippen LogP) is 3.69. The number of rotatable bonds is 2. The van der Waals surface area contributed by atoms with Crippen molar-refractivity contribution >= 4 is 5.97 Å². The van der Waals surface area contributed by atoms with E-state index in [2.05, 4.69) is 0 Å². The van der Waals surface area contributed by atoms with Gasteiger partial charge in [-0.2, -0.15) is 0 Å². The third-order valence-corrected chi connectivity index (χ3v) is 3.87. The van der Waals surface area contributed by atoms with Gasteiger partial charge in [0.15, 0.2) is 0 Å². The molecule has 0 aromatic carbocycles. The number of carbonyl (C=O) groups excluding carboxylic acids is 1. The van der Waals surface area contributed by atoms with E-state index in [1.54, 1.807) is 0 Å². The molecular weight excluding hydrogens is 200 g/mol. The maximum Gasteiger partial charge on any atom is 0.306 e. The molecule has 1 unspecified atom stereocenters. The molecule has 2 heteroatoms. The second-order valence-corrected chi connectivity index (χ2v) is 6.75. The molecule has 0 radical (unpaired) electrons. The summed E-state index contributed by atoms with van der Waals surface area (Å²) in [5, 5.41) is 0. The Labute approximate surface area is 98.7 Å². The van der Waals surface area contributed by atoms with E-state index >= 15 is 0 Å². The van der Waals surface area contributed by atoms with E-state index in [0.717, 1.165) is 0 Å². The van der Waals surface area contributed by atoms with Crippen molar-refractivity contribution in [3.8, 4) is 0 Å². The molecule has 1 atom stereocenters. The fourth-order valence-corrected chi connectivity index (χ4v) is 3.01. The van der Waals surface area contributed by atoms with Gasteiger partial charge in [-0.3, -0.25) is 4.79 Å². The smallest absolute Gasteiger partial charge is 0.306 e. The first-order valence-electron chi connectivity index (χ1n) is 6.60. The van der Waals surface area contributed by atoms with Crippen LogP contribution >= 0.6 is 0 Å². The highest BCUT2D eigenvalue weighted by Gasteiger charge is 2.45. The first kappa shape index (κ1) is 11.9. The second kappa shape index (κ2) is 4.05. The van der Waals surface area contributed by atoms with E-state index < -0.39 is 0 Å². The van der Waals surface area contributed by atoms with Gasteiger partial charge in [0.2, 0.25) is 0 Å². The minimum absolute atomic E-state index is 0.00444. The highest BCUT2D eigenvalue weighted by atomic mass is 16.6. The topological polar surface area (TPSA) is 26.3 Å². The molecule has 2 aliphatic carbocycles. The van der Waals surface area contributed by atoms with Gasteiger partial charge in [-0.15, -0.1) is 0 Å². The van der Waals surface area contributed by atoms with Crippen LogP contribution in [0.4, 0.5) is 0 Å². The van der Waals surface area contributed by atoms with Crippen LogP contribution in [0.1, 0.15) is 65.7 Å². The summed E-state index contributed by atoms with van der Waals surface area (Å²) in [5.74, 6) is 0.585. The van der Waals surface area contributed by atoms with Gasteiger partial charge in [0.05, 0.1) is 0 Å². The van der Waals surface area contributed by atoms with E-state index in [-0.39, 0.29) is 11.6 Å². The van der Waals surface area contributed by atoms with Crippen LogP contribution in [0.5, 0.6) is 0 Å². The highest BCUT2D eigenvalue weighted by molar-refractivity contribution is 5.70. The van der Waals surface area contributed by atoms with Gasteiger partial charge in [-0.25, -0.2) is 0 Å². The summed E-state index contributed by atoms with van der Waals surface area (Å²) in [7, 11) is 0. The van der Waals surface area contributed by atoms with Gasteiger partial charge in [-0.05, 0) is 64.2 Å². The Morgan fingerprint density at radius 1 is 1.31 bits per heavy atom. The first-order valence-corrected chi connectivity index (χ1v) is 6.60. The van der Waals surface area contributed by atoms with Crippen molar-refractivity contribution in [1.82, 2.24) is 0 Å². The minimum atomic E-state index is -0.330. The lowest BCUT2D eigenvalue weighted by Gasteiger charge is -2.29. The van der Waals surface area contributed by atoms with E-state index in [1.165, 1.54) is 38.5 Å². The molecule has 0 amide bonds. The Morgan fingerprint density at radius 2 is 2.00 bits per heavy atom. The monoisotopic (exact) mass is 224 g/mol. The highest BCUT2D eigenvalue weighted by Crippen LogP contribution is 2.58. The standard InChI is InChI=1S/C14H24O2/c1-13(2,3)16-12(15)9-11-5-4-6-14(10-11)7-8-14/h11H,4-10H2,1-3H3. The Kier molecular flexibility index (Phi) is 3.02. The van der Waals surface area contributed by atoms with Crippen LogP contribution in [0, 0.1) is 11.3 Å². The Hall–Kier alpha value is -0.530. The lowest BCUT2D eigenvalue weighted by atomic mass is 9.78. The van der Waals surface area contributed by atoms with Crippen LogP contribution < -0.4 is 0 Å².